The van der Waals surface area contributed by atoms with E-state index in [0.29, 0.717) is 12.3 Å². The zero-order valence-corrected chi connectivity index (χ0v) is 13.4. The molecule has 2 rings (SSSR count). The molecule has 0 bridgehead atoms. The highest BCUT2D eigenvalue weighted by Gasteiger charge is 2.23. The number of nitrogen functional groups attached to an aromatic ring is 1. The van der Waals surface area contributed by atoms with Gasteiger partial charge in [-0.25, -0.2) is 0 Å². The number of hydrogen-bond acceptors (Lipinski definition) is 3. The number of rotatable bonds is 5. The summed E-state index contributed by atoms with van der Waals surface area (Å²) in [6.07, 6.45) is 1.75. The minimum atomic E-state index is 0.229. The number of hydrogen-bond donors (Lipinski definition) is 1. The standard InChI is InChI=1S/C17H27N3O/c1-13(15-4-6-16(18)7-5-15)10-17(21)20(3)12-14-8-9-19(2)11-14/h4-7,13-14H,8-12,18H2,1-3H3. The van der Waals surface area contributed by atoms with E-state index < -0.39 is 0 Å². The third-order valence-corrected chi connectivity index (χ3v) is 4.43. The Morgan fingerprint density at radius 2 is 2.10 bits per heavy atom. The van der Waals surface area contributed by atoms with E-state index in [1.807, 2.05) is 36.2 Å². The Balaban J connectivity index is 1.83. The average Bonchev–Trinajstić information content (AvgIpc) is 2.84. The molecule has 1 aliphatic rings. The monoisotopic (exact) mass is 289 g/mol. The summed E-state index contributed by atoms with van der Waals surface area (Å²) < 4.78 is 0. The van der Waals surface area contributed by atoms with Gasteiger partial charge in [0, 0.05) is 32.2 Å². The molecule has 1 aromatic rings. The van der Waals surface area contributed by atoms with Crippen molar-refractivity contribution in [3.05, 3.63) is 29.8 Å². The van der Waals surface area contributed by atoms with E-state index in [4.69, 9.17) is 5.73 Å². The molecule has 1 aliphatic heterocycles. The first-order chi connectivity index (χ1) is 9.95. The van der Waals surface area contributed by atoms with E-state index in [0.717, 1.165) is 25.3 Å². The first kappa shape index (κ1) is 15.8. The van der Waals surface area contributed by atoms with Gasteiger partial charge in [-0.15, -0.1) is 0 Å². The van der Waals surface area contributed by atoms with Crippen LogP contribution < -0.4 is 5.73 Å². The van der Waals surface area contributed by atoms with E-state index in [1.165, 1.54) is 12.0 Å². The summed E-state index contributed by atoms with van der Waals surface area (Å²) in [7, 11) is 4.07. The van der Waals surface area contributed by atoms with Crippen molar-refractivity contribution in [2.75, 3.05) is 39.5 Å². The molecule has 4 nitrogen and oxygen atoms in total. The van der Waals surface area contributed by atoms with Crippen LogP contribution in [-0.4, -0.2) is 49.4 Å². The summed E-state index contributed by atoms with van der Waals surface area (Å²) >= 11 is 0. The lowest BCUT2D eigenvalue weighted by Crippen LogP contribution is -2.33. The van der Waals surface area contributed by atoms with Gasteiger partial charge in [0.2, 0.25) is 5.91 Å². The minimum Gasteiger partial charge on any atom is -0.399 e. The largest absolute Gasteiger partial charge is 0.399 e. The third-order valence-electron chi connectivity index (χ3n) is 4.43. The molecule has 116 valence electrons. The van der Waals surface area contributed by atoms with Crippen LogP contribution in [0.4, 0.5) is 5.69 Å². The number of carbonyl (C=O) groups excluding carboxylic acids is 1. The van der Waals surface area contributed by atoms with Gasteiger partial charge in [0.15, 0.2) is 0 Å². The molecule has 0 saturated carbocycles. The van der Waals surface area contributed by atoms with E-state index >= 15 is 0 Å². The predicted octanol–water partition coefficient (Wildman–Crippen LogP) is 2.17. The van der Waals surface area contributed by atoms with E-state index in [9.17, 15) is 4.79 Å². The molecule has 1 saturated heterocycles. The molecule has 1 aromatic carbocycles. The maximum Gasteiger partial charge on any atom is 0.222 e. The number of carbonyl (C=O) groups is 1. The van der Waals surface area contributed by atoms with Crippen molar-refractivity contribution in [2.24, 2.45) is 5.92 Å². The van der Waals surface area contributed by atoms with Crippen LogP contribution in [-0.2, 0) is 4.79 Å². The summed E-state index contributed by atoms with van der Waals surface area (Å²) in [6, 6.07) is 7.82. The number of amides is 1. The van der Waals surface area contributed by atoms with Gasteiger partial charge >= 0.3 is 0 Å². The molecule has 4 heteroatoms. The first-order valence-electron chi connectivity index (χ1n) is 7.73. The zero-order valence-electron chi connectivity index (χ0n) is 13.4. The molecule has 2 N–H and O–H groups in total. The summed E-state index contributed by atoms with van der Waals surface area (Å²) in [5.74, 6) is 1.08. The summed E-state index contributed by atoms with van der Waals surface area (Å²) in [4.78, 5) is 16.6. The van der Waals surface area contributed by atoms with Gasteiger partial charge in [-0.2, -0.15) is 0 Å². The van der Waals surface area contributed by atoms with Crippen molar-refractivity contribution in [2.45, 2.75) is 25.7 Å². The lowest BCUT2D eigenvalue weighted by atomic mass is 9.97. The van der Waals surface area contributed by atoms with Gasteiger partial charge in [-0.3, -0.25) is 4.79 Å². The van der Waals surface area contributed by atoms with Crippen molar-refractivity contribution in [1.82, 2.24) is 9.80 Å². The highest BCUT2D eigenvalue weighted by atomic mass is 16.2. The molecule has 1 fully saturated rings. The van der Waals surface area contributed by atoms with Crippen molar-refractivity contribution in [3.8, 4) is 0 Å². The molecular formula is C17H27N3O. The summed E-state index contributed by atoms with van der Waals surface area (Å²) in [5, 5.41) is 0. The smallest absolute Gasteiger partial charge is 0.222 e. The van der Waals surface area contributed by atoms with Crippen LogP contribution in [0.2, 0.25) is 0 Å². The Kier molecular flexibility index (Phi) is 5.23. The van der Waals surface area contributed by atoms with Gasteiger partial charge in [0.25, 0.3) is 0 Å². The second kappa shape index (κ2) is 6.94. The SMILES string of the molecule is CC(CC(=O)N(C)CC1CCN(C)C1)c1ccc(N)cc1. The highest BCUT2D eigenvalue weighted by Crippen LogP contribution is 2.22. The number of nitrogens with two attached hydrogens (primary N) is 1. The van der Waals surface area contributed by atoms with E-state index in [2.05, 4.69) is 18.9 Å². The fraction of sp³-hybridized carbons (Fsp3) is 0.588. The van der Waals surface area contributed by atoms with Gasteiger partial charge in [-0.1, -0.05) is 19.1 Å². The fourth-order valence-corrected chi connectivity index (χ4v) is 3.02. The Bertz CT molecular complexity index is 471. The van der Waals surface area contributed by atoms with Crippen molar-refractivity contribution in [1.29, 1.82) is 0 Å². The molecular weight excluding hydrogens is 262 g/mol. The lowest BCUT2D eigenvalue weighted by Gasteiger charge is -2.23. The first-order valence-corrected chi connectivity index (χ1v) is 7.73. The Labute approximate surface area is 127 Å². The van der Waals surface area contributed by atoms with Crippen LogP contribution in [0, 0.1) is 5.92 Å². The second-order valence-electron chi connectivity index (χ2n) is 6.46. The number of likely N-dealkylation sites (tertiary alicyclic amines) is 1. The van der Waals surface area contributed by atoms with Crippen LogP contribution in [0.3, 0.4) is 0 Å². The van der Waals surface area contributed by atoms with E-state index in [-0.39, 0.29) is 11.8 Å². The molecule has 0 aromatic heterocycles. The molecule has 0 spiro atoms. The number of nitrogens with zero attached hydrogens (tertiary/aromatic N) is 2. The highest BCUT2D eigenvalue weighted by molar-refractivity contribution is 5.76. The van der Waals surface area contributed by atoms with Crippen LogP contribution in [0.1, 0.15) is 31.2 Å². The van der Waals surface area contributed by atoms with Crippen LogP contribution in [0.25, 0.3) is 0 Å². The molecule has 1 heterocycles. The molecule has 0 radical (unpaired) electrons. The Morgan fingerprint density at radius 3 is 2.67 bits per heavy atom. The van der Waals surface area contributed by atoms with Crippen LogP contribution in [0.15, 0.2) is 24.3 Å². The maximum absolute atomic E-state index is 12.4. The van der Waals surface area contributed by atoms with Crippen LogP contribution >= 0.6 is 0 Å². The normalized spacial score (nSPS) is 20.4. The minimum absolute atomic E-state index is 0.229. The molecule has 21 heavy (non-hydrogen) atoms. The predicted molar refractivity (Wildman–Crippen MR) is 87.1 cm³/mol. The molecule has 1 amide bonds. The molecule has 0 aliphatic carbocycles. The number of benzene rings is 1. The Hall–Kier alpha value is -1.55. The zero-order chi connectivity index (χ0) is 15.4. The topological polar surface area (TPSA) is 49.6 Å². The van der Waals surface area contributed by atoms with Crippen molar-refractivity contribution in [3.63, 3.8) is 0 Å². The lowest BCUT2D eigenvalue weighted by molar-refractivity contribution is -0.130. The average molecular weight is 289 g/mol. The Morgan fingerprint density at radius 1 is 1.43 bits per heavy atom. The van der Waals surface area contributed by atoms with Gasteiger partial charge in [0.05, 0.1) is 0 Å². The fourth-order valence-electron chi connectivity index (χ4n) is 3.02. The summed E-state index contributed by atoms with van der Waals surface area (Å²) in [5.41, 5.74) is 7.64. The van der Waals surface area contributed by atoms with Gasteiger partial charge < -0.3 is 15.5 Å². The van der Waals surface area contributed by atoms with Gasteiger partial charge in [-0.05, 0) is 49.5 Å². The maximum atomic E-state index is 12.4. The second-order valence-corrected chi connectivity index (χ2v) is 6.46. The molecule has 2 unspecified atom stereocenters. The van der Waals surface area contributed by atoms with Gasteiger partial charge in [0.1, 0.15) is 0 Å². The quantitative estimate of drug-likeness (QED) is 0.845. The third kappa shape index (κ3) is 4.46. The van der Waals surface area contributed by atoms with E-state index in [1.54, 1.807) is 0 Å². The van der Waals surface area contributed by atoms with Crippen molar-refractivity contribution >= 4 is 11.6 Å². The van der Waals surface area contributed by atoms with Crippen LogP contribution in [0.5, 0.6) is 0 Å². The number of anilines is 1. The molecule has 2 atom stereocenters. The summed E-state index contributed by atoms with van der Waals surface area (Å²) in [6.45, 7) is 5.22. The van der Waals surface area contributed by atoms with Crippen molar-refractivity contribution < 1.29 is 4.79 Å².